The Hall–Kier alpha value is -2.01. The lowest BCUT2D eigenvalue weighted by Crippen LogP contribution is -2.11. The Bertz CT molecular complexity index is 715. The summed E-state index contributed by atoms with van der Waals surface area (Å²) in [7, 11) is 0. The monoisotopic (exact) mass is 300 g/mol. The van der Waals surface area contributed by atoms with Crippen LogP contribution in [0.25, 0.3) is 0 Å². The van der Waals surface area contributed by atoms with E-state index in [-0.39, 0.29) is 16.7 Å². The minimum absolute atomic E-state index is 0.118. The Balaban J connectivity index is 1.96. The van der Waals surface area contributed by atoms with Crippen LogP contribution in [-0.2, 0) is 0 Å². The van der Waals surface area contributed by atoms with Crippen molar-refractivity contribution in [3.8, 4) is 0 Å². The van der Waals surface area contributed by atoms with Crippen molar-refractivity contribution in [2.45, 2.75) is 24.8 Å². The van der Waals surface area contributed by atoms with Crippen molar-refractivity contribution in [2.75, 3.05) is 11.1 Å². The maximum atomic E-state index is 11.3. The van der Waals surface area contributed by atoms with Crippen molar-refractivity contribution in [1.82, 2.24) is 0 Å². The highest BCUT2D eigenvalue weighted by molar-refractivity contribution is 7.99. The Labute approximate surface area is 127 Å². The summed E-state index contributed by atoms with van der Waals surface area (Å²) in [5.41, 5.74) is 3.96. The first-order valence-electron chi connectivity index (χ1n) is 6.80. The molecule has 4 nitrogen and oxygen atoms in total. The average molecular weight is 300 g/mol. The van der Waals surface area contributed by atoms with E-state index in [0.717, 1.165) is 16.9 Å². The van der Waals surface area contributed by atoms with Gasteiger partial charge < -0.3 is 5.32 Å². The van der Waals surface area contributed by atoms with Gasteiger partial charge in [-0.3, -0.25) is 10.1 Å². The van der Waals surface area contributed by atoms with Crippen molar-refractivity contribution >= 4 is 23.1 Å². The number of hydrogen-bond acceptors (Lipinski definition) is 4. The maximum Gasteiger partial charge on any atom is 0.292 e. The number of anilines is 1. The summed E-state index contributed by atoms with van der Waals surface area (Å²) in [6.45, 7) is 3.87. The van der Waals surface area contributed by atoms with Crippen LogP contribution in [0.15, 0.2) is 41.3 Å². The molecule has 0 spiro atoms. The fourth-order valence-corrected chi connectivity index (χ4v) is 3.70. The Kier molecular flexibility index (Phi) is 3.59. The highest BCUT2D eigenvalue weighted by Gasteiger charge is 2.25. The van der Waals surface area contributed by atoms with Crippen LogP contribution in [0.4, 0.5) is 11.4 Å². The molecule has 1 aliphatic heterocycles. The van der Waals surface area contributed by atoms with Crippen LogP contribution in [0.2, 0.25) is 0 Å². The van der Waals surface area contributed by atoms with E-state index in [0.29, 0.717) is 5.69 Å². The summed E-state index contributed by atoms with van der Waals surface area (Å²) in [5, 5.41) is 14.6. The van der Waals surface area contributed by atoms with Crippen LogP contribution in [0.3, 0.4) is 0 Å². The molecule has 5 heteroatoms. The number of fused-ring (bicyclic) bond motifs is 1. The normalized spacial score (nSPS) is 16.6. The van der Waals surface area contributed by atoms with E-state index >= 15 is 0 Å². The fourth-order valence-electron chi connectivity index (χ4n) is 2.54. The number of hydrogen-bond donors (Lipinski definition) is 1. The molecule has 2 aromatic rings. The zero-order valence-electron chi connectivity index (χ0n) is 11.9. The molecule has 0 fully saturated rings. The molecule has 0 amide bonds. The lowest BCUT2D eigenvalue weighted by atomic mass is 10.1. The first-order chi connectivity index (χ1) is 10.1. The molecule has 108 valence electrons. The molecule has 2 aromatic carbocycles. The molecule has 1 N–H and O–H groups in total. The van der Waals surface area contributed by atoms with E-state index in [1.807, 2.05) is 32.0 Å². The van der Waals surface area contributed by atoms with Gasteiger partial charge in [0.15, 0.2) is 0 Å². The molecule has 21 heavy (non-hydrogen) atoms. The van der Waals surface area contributed by atoms with E-state index in [4.69, 9.17) is 0 Å². The van der Waals surface area contributed by atoms with Gasteiger partial charge in [0.2, 0.25) is 0 Å². The first kappa shape index (κ1) is 13.9. The molecule has 0 saturated carbocycles. The lowest BCUT2D eigenvalue weighted by Gasteiger charge is -2.16. The number of nitrogens with zero attached hydrogens (tertiary/aromatic N) is 1. The van der Waals surface area contributed by atoms with Crippen molar-refractivity contribution in [3.63, 3.8) is 0 Å². The summed E-state index contributed by atoms with van der Waals surface area (Å²) >= 11 is 1.78. The van der Waals surface area contributed by atoms with E-state index in [9.17, 15) is 10.1 Å². The third-order valence-corrected chi connectivity index (χ3v) is 5.02. The van der Waals surface area contributed by atoms with Crippen LogP contribution >= 0.6 is 11.8 Å². The van der Waals surface area contributed by atoms with Crippen LogP contribution < -0.4 is 5.32 Å². The summed E-state index contributed by atoms with van der Waals surface area (Å²) in [4.78, 5) is 12.2. The third-order valence-electron chi connectivity index (χ3n) is 3.84. The quantitative estimate of drug-likeness (QED) is 0.671. The van der Waals surface area contributed by atoms with Crippen LogP contribution in [0.1, 0.15) is 22.7 Å². The summed E-state index contributed by atoms with van der Waals surface area (Å²) in [6.07, 6.45) is 0. The number of nitrogens with one attached hydrogen (secondary N) is 1. The van der Waals surface area contributed by atoms with Gasteiger partial charge in [0.05, 0.1) is 11.0 Å². The van der Waals surface area contributed by atoms with Gasteiger partial charge in [0, 0.05) is 16.7 Å². The van der Waals surface area contributed by atoms with Crippen molar-refractivity contribution < 1.29 is 4.92 Å². The Morgan fingerprint density at radius 2 is 1.95 bits per heavy atom. The van der Waals surface area contributed by atoms with Gasteiger partial charge in [-0.2, -0.15) is 0 Å². The third kappa shape index (κ3) is 2.61. The molecule has 0 radical (unpaired) electrons. The molecule has 1 atom stereocenters. The maximum absolute atomic E-state index is 11.3. The van der Waals surface area contributed by atoms with Gasteiger partial charge in [-0.15, -0.1) is 11.8 Å². The zero-order valence-corrected chi connectivity index (χ0v) is 12.7. The predicted molar refractivity (Wildman–Crippen MR) is 86.1 cm³/mol. The summed E-state index contributed by atoms with van der Waals surface area (Å²) < 4.78 is 0. The van der Waals surface area contributed by atoms with Gasteiger partial charge in [0.1, 0.15) is 5.69 Å². The second-order valence-corrected chi connectivity index (χ2v) is 6.32. The topological polar surface area (TPSA) is 55.2 Å². The number of rotatable bonds is 3. The van der Waals surface area contributed by atoms with Gasteiger partial charge in [-0.1, -0.05) is 18.2 Å². The van der Waals surface area contributed by atoms with E-state index in [1.165, 1.54) is 10.5 Å². The zero-order chi connectivity index (χ0) is 15.0. The minimum Gasteiger partial charge on any atom is -0.372 e. The number of thioether (sulfide) groups is 1. The second-order valence-electron chi connectivity index (χ2n) is 5.26. The standard InChI is InChI=1S/C16H16N2O2S/c1-10-7-13(15(18(19)20)8-11(10)2)17-14-9-21-16-6-4-3-5-12(14)16/h3-8,14,17H,9H2,1-2H3. The molecule has 0 aliphatic carbocycles. The van der Waals surface area contributed by atoms with Gasteiger partial charge in [-0.05, 0) is 42.7 Å². The van der Waals surface area contributed by atoms with Crippen molar-refractivity contribution in [1.29, 1.82) is 0 Å². The van der Waals surface area contributed by atoms with Crippen molar-refractivity contribution in [2.24, 2.45) is 0 Å². The summed E-state index contributed by atoms with van der Waals surface area (Å²) in [6, 6.07) is 11.8. The predicted octanol–water partition coefficient (Wildman–Crippen LogP) is 4.47. The smallest absolute Gasteiger partial charge is 0.292 e. The highest BCUT2D eigenvalue weighted by atomic mass is 32.2. The Morgan fingerprint density at radius 3 is 2.71 bits per heavy atom. The van der Waals surface area contributed by atoms with Crippen LogP contribution in [-0.4, -0.2) is 10.7 Å². The largest absolute Gasteiger partial charge is 0.372 e. The summed E-state index contributed by atoms with van der Waals surface area (Å²) in [5.74, 6) is 0.892. The molecule has 1 unspecified atom stereocenters. The molecular weight excluding hydrogens is 284 g/mol. The highest BCUT2D eigenvalue weighted by Crippen LogP contribution is 2.41. The number of benzene rings is 2. The average Bonchev–Trinajstić information content (AvgIpc) is 2.86. The molecule has 0 bridgehead atoms. The fraction of sp³-hybridized carbons (Fsp3) is 0.250. The van der Waals surface area contributed by atoms with Crippen LogP contribution in [0, 0.1) is 24.0 Å². The molecule has 0 saturated heterocycles. The van der Waals surface area contributed by atoms with E-state index < -0.39 is 0 Å². The molecule has 1 heterocycles. The number of nitro groups is 1. The van der Waals surface area contributed by atoms with Gasteiger partial charge in [0.25, 0.3) is 5.69 Å². The van der Waals surface area contributed by atoms with E-state index in [1.54, 1.807) is 17.8 Å². The van der Waals surface area contributed by atoms with Gasteiger partial charge in [-0.25, -0.2) is 0 Å². The molecule has 1 aliphatic rings. The SMILES string of the molecule is Cc1cc(NC2CSc3ccccc32)c([N+](=O)[O-])cc1C. The Morgan fingerprint density at radius 1 is 1.24 bits per heavy atom. The molecular formula is C16H16N2O2S. The molecule has 0 aromatic heterocycles. The number of nitro benzene ring substituents is 1. The lowest BCUT2D eigenvalue weighted by molar-refractivity contribution is -0.384. The molecule has 3 rings (SSSR count). The van der Waals surface area contributed by atoms with E-state index in [2.05, 4.69) is 17.4 Å². The first-order valence-corrected chi connectivity index (χ1v) is 7.78. The van der Waals surface area contributed by atoms with Crippen molar-refractivity contribution in [3.05, 3.63) is 63.2 Å². The van der Waals surface area contributed by atoms with Crippen LogP contribution in [0.5, 0.6) is 0 Å². The second kappa shape index (κ2) is 5.41. The minimum atomic E-state index is -0.317. The number of aryl methyl sites for hydroxylation is 2. The van der Waals surface area contributed by atoms with Gasteiger partial charge >= 0.3 is 0 Å².